The van der Waals surface area contributed by atoms with Crippen LogP contribution in [0.5, 0.6) is 5.75 Å². The van der Waals surface area contributed by atoms with Crippen LogP contribution in [-0.4, -0.2) is 18.3 Å². The molecule has 1 aromatic rings. The number of halogens is 5. The zero-order valence-electron chi connectivity index (χ0n) is 12.2. The van der Waals surface area contributed by atoms with Gasteiger partial charge in [-0.3, -0.25) is 0 Å². The fourth-order valence-corrected chi connectivity index (χ4v) is 2.89. The molecule has 0 aliphatic carbocycles. The van der Waals surface area contributed by atoms with Crippen LogP contribution in [0.3, 0.4) is 0 Å². The van der Waals surface area contributed by atoms with Crippen molar-refractivity contribution in [2.24, 2.45) is 0 Å². The highest BCUT2D eigenvalue weighted by Crippen LogP contribution is 2.49. The van der Waals surface area contributed by atoms with Crippen LogP contribution in [0.1, 0.15) is 32.3 Å². The highest BCUT2D eigenvalue weighted by atomic mass is 35.5. The number of alkyl halides is 3. The van der Waals surface area contributed by atoms with Gasteiger partial charge in [-0.15, -0.1) is 0 Å². The summed E-state index contributed by atoms with van der Waals surface area (Å²) in [5, 5.41) is 3.44. The predicted octanol–water partition coefficient (Wildman–Crippen LogP) is 5.93. The van der Waals surface area contributed by atoms with E-state index < -0.39 is 11.8 Å². The highest BCUT2D eigenvalue weighted by Gasteiger charge is 2.55. The first-order valence-corrected chi connectivity index (χ1v) is 7.72. The average molecular weight is 354 g/mol. The van der Waals surface area contributed by atoms with E-state index in [2.05, 4.69) is 5.32 Å². The summed E-state index contributed by atoms with van der Waals surface area (Å²) in [6.07, 6.45) is -1.58. The third kappa shape index (κ3) is 2.88. The Morgan fingerprint density at radius 1 is 1.27 bits per heavy atom. The maximum Gasteiger partial charge on any atom is 0.432 e. The van der Waals surface area contributed by atoms with Gasteiger partial charge < -0.3 is 10.1 Å². The third-order valence-corrected chi connectivity index (χ3v) is 4.23. The number of hydrogen-bond donors (Lipinski definition) is 1. The number of nitrogens with one attached hydrogen (secondary N) is 1. The molecule has 1 aliphatic rings. The first-order chi connectivity index (χ1) is 10.3. The van der Waals surface area contributed by atoms with Gasteiger partial charge in [-0.1, -0.05) is 43.1 Å². The standard InChI is InChI=1S/C15H16Cl2F3NO/c1-3-7-21-12-10(16)8-9-5-6-14(4-2,15(18,19)20)22-13(9)11(12)17/h5-6,8,21H,3-4,7H2,1-2H3. The van der Waals surface area contributed by atoms with Crippen molar-refractivity contribution in [1.82, 2.24) is 0 Å². The summed E-state index contributed by atoms with van der Waals surface area (Å²) >= 11 is 12.4. The van der Waals surface area contributed by atoms with Crippen LogP contribution < -0.4 is 10.1 Å². The number of hydrogen-bond acceptors (Lipinski definition) is 2. The smallest absolute Gasteiger partial charge is 0.432 e. The maximum atomic E-state index is 13.3. The summed E-state index contributed by atoms with van der Waals surface area (Å²) in [6, 6.07) is 1.55. The van der Waals surface area contributed by atoms with E-state index in [1.165, 1.54) is 13.0 Å². The van der Waals surface area contributed by atoms with E-state index in [0.29, 0.717) is 22.8 Å². The van der Waals surface area contributed by atoms with Gasteiger partial charge >= 0.3 is 6.18 Å². The van der Waals surface area contributed by atoms with Crippen LogP contribution in [-0.2, 0) is 0 Å². The fraction of sp³-hybridized carbons (Fsp3) is 0.467. The molecule has 0 spiro atoms. The number of fused-ring (bicyclic) bond motifs is 1. The molecule has 1 unspecified atom stereocenters. The fourth-order valence-electron chi connectivity index (χ4n) is 2.24. The summed E-state index contributed by atoms with van der Waals surface area (Å²) in [5.74, 6) is 0.00587. The Morgan fingerprint density at radius 2 is 1.95 bits per heavy atom. The van der Waals surface area contributed by atoms with E-state index >= 15 is 0 Å². The Kier molecular flexibility index (Phi) is 4.87. The molecule has 2 rings (SSSR count). The van der Waals surface area contributed by atoms with Crippen molar-refractivity contribution in [1.29, 1.82) is 0 Å². The molecule has 0 fully saturated rings. The van der Waals surface area contributed by atoms with E-state index in [1.807, 2.05) is 6.92 Å². The Hall–Kier alpha value is -1.07. The molecule has 0 bridgehead atoms. The number of anilines is 1. The van der Waals surface area contributed by atoms with E-state index in [9.17, 15) is 13.2 Å². The average Bonchev–Trinajstić information content (AvgIpc) is 2.45. The van der Waals surface area contributed by atoms with E-state index in [1.54, 1.807) is 6.07 Å². The first-order valence-electron chi connectivity index (χ1n) is 6.96. The van der Waals surface area contributed by atoms with Gasteiger partial charge in [0.25, 0.3) is 0 Å². The van der Waals surface area contributed by atoms with Crippen molar-refractivity contribution in [3.8, 4) is 5.75 Å². The van der Waals surface area contributed by atoms with Crippen molar-refractivity contribution in [2.75, 3.05) is 11.9 Å². The largest absolute Gasteiger partial charge is 0.471 e. The summed E-state index contributed by atoms with van der Waals surface area (Å²) in [7, 11) is 0. The molecule has 22 heavy (non-hydrogen) atoms. The monoisotopic (exact) mass is 353 g/mol. The van der Waals surface area contributed by atoms with Crippen LogP contribution in [0.2, 0.25) is 10.0 Å². The second-order valence-electron chi connectivity index (χ2n) is 5.07. The zero-order chi connectivity index (χ0) is 16.5. The topological polar surface area (TPSA) is 21.3 Å². The molecule has 1 N–H and O–H groups in total. The molecule has 0 radical (unpaired) electrons. The van der Waals surface area contributed by atoms with Crippen molar-refractivity contribution in [3.63, 3.8) is 0 Å². The molecule has 7 heteroatoms. The second kappa shape index (κ2) is 6.20. The molecule has 0 aromatic heterocycles. The van der Waals surface area contributed by atoms with Crippen LogP contribution in [0.15, 0.2) is 12.1 Å². The summed E-state index contributed by atoms with van der Waals surface area (Å²) in [6.45, 7) is 3.98. The number of benzene rings is 1. The SMILES string of the molecule is CCCNc1c(Cl)cc2c(c1Cl)OC(CC)(C(F)(F)F)C=C2. The van der Waals surface area contributed by atoms with E-state index in [-0.39, 0.29) is 17.2 Å². The molecule has 1 aliphatic heterocycles. The molecule has 0 saturated heterocycles. The van der Waals surface area contributed by atoms with Gasteiger partial charge in [0.15, 0.2) is 0 Å². The quantitative estimate of drug-likeness (QED) is 0.723. The lowest BCUT2D eigenvalue weighted by molar-refractivity contribution is -0.230. The van der Waals surface area contributed by atoms with Gasteiger partial charge in [-0.25, -0.2) is 0 Å². The molecule has 2 nitrogen and oxygen atoms in total. The molecule has 0 amide bonds. The maximum absolute atomic E-state index is 13.3. The number of rotatable bonds is 4. The normalized spacial score (nSPS) is 20.5. The molecule has 122 valence electrons. The van der Waals surface area contributed by atoms with Gasteiger partial charge in [0.05, 0.1) is 10.7 Å². The van der Waals surface area contributed by atoms with Crippen molar-refractivity contribution in [2.45, 2.75) is 38.5 Å². The summed E-state index contributed by atoms with van der Waals surface area (Å²) < 4.78 is 45.3. The minimum atomic E-state index is -4.53. The van der Waals surface area contributed by atoms with Crippen molar-refractivity contribution >= 4 is 35.0 Å². The Balaban J connectivity index is 2.51. The van der Waals surface area contributed by atoms with Crippen molar-refractivity contribution in [3.05, 3.63) is 27.8 Å². The Bertz CT molecular complexity index is 601. The minimum absolute atomic E-state index is 0.00587. The Labute approximate surface area is 137 Å². The van der Waals surface area contributed by atoms with E-state index in [4.69, 9.17) is 27.9 Å². The highest BCUT2D eigenvalue weighted by molar-refractivity contribution is 6.40. The molecular formula is C15H16Cl2F3NO. The van der Waals surface area contributed by atoms with Crippen LogP contribution >= 0.6 is 23.2 Å². The zero-order valence-corrected chi connectivity index (χ0v) is 13.7. The van der Waals surface area contributed by atoms with E-state index in [0.717, 1.165) is 12.5 Å². The van der Waals surface area contributed by atoms with Crippen LogP contribution in [0.25, 0.3) is 6.08 Å². The number of ether oxygens (including phenoxy) is 1. The van der Waals surface area contributed by atoms with Gasteiger partial charge in [-0.05, 0) is 25.0 Å². The molecular weight excluding hydrogens is 338 g/mol. The van der Waals surface area contributed by atoms with Crippen LogP contribution in [0.4, 0.5) is 18.9 Å². The van der Waals surface area contributed by atoms with Crippen LogP contribution in [0, 0.1) is 0 Å². The molecule has 0 saturated carbocycles. The van der Waals surface area contributed by atoms with Gasteiger partial charge in [0.2, 0.25) is 5.60 Å². The lowest BCUT2D eigenvalue weighted by atomic mass is 9.94. The van der Waals surface area contributed by atoms with Gasteiger partial charge in [0, 0.05) is 12.1 Å². The van der Waals surface area contributed by atoms with Crippen molar-refractivity contribution < 1.29 is 17.9 Å². The molecule has 1 heterocycles. The Morgan fingerprint density at radius 3 is 2.50 bits per heavy atom. The predicted molar refractivity (Wildman–Crippen MR) is 84.0 cm³/mol. The minimum Gasteiger partial charge on any atom is -0.471 e. The lowest BCUT2D eigenvalue weighted by Gasteiger charge is -2.36. The van der Waals surface area contributed by atoms with Gasteiger partial charge in [0.1, 0.15) is 10.8 Å². The summed E-state index contributed by atoms with van der Waals surface area (Å²) in [4.78, 5) is 0. The first kappa shape index (κ1) is 17.3. The second-order valence-corrected chi connectivity index (χ2v) is 5.85. The lowest BCUT2D eigenvalue weighted by Crippen LogP contribution is -2.49. The molecule has 1 aromatic carbocycles. The third-order valence-electron chi connectivity index (χ3n) is 3.58. The summed E-state index contributed by atoms with van der Waals surface area (Å²) in [5.41, 5.74) is -1.53. The molecule has 1 atom stereocenters. The van der Waals surface area contributed by atoms with Gasteiger partial charge in [-0.2, -0.15) is 13.2 Å².